The van der Waals surface area contributed by atoms with Crippen LogP contribution < -0.4 is 5.32 Å². The van der Waals surface area contributed by atoms with Gasteiger partial charge < -0.3 is 5.32 Å². The molecule has 0 aliphatic carbocycles. The van der Waals surface area contributed by atoms with Gasteiger partial charge in [0.25, 0.3) is 0 Å². The van der Waals surface area contributed by atoms with E-state index >= 15 is 0 Å². The van der Waals surface area contributed by atoms with Gasteiger partial charge in [-0.2, -0.15) is 0 Å². The smallest absolute Gasteiger partial charge is 0.0448 e. The fourth-order valence-electron chi connectivity index (χ4n) is 2.29. The lowest BCUT2D eigenvalue weighted by Gasteiger charge is -2.16. The van der Waals surface area contributed by atoms with Crippen molar-refractivity contribution in [1.29, 1.82) is 0 Å². The molecule has 2 nitrogen and oxygen atoms in total. The predicted molar refractivity (Wildman–Crippen MR) is 82.8 cm³/mol. The predicted octanol–water partition coefficient (Wildman–Crippen LogP) is 3.60. The number of pyridine rings is 1. The Morgan fingerprint density at radius 2 is 2.21 bits per heavy atom. The van der Waals surface area contributed by atoms with Crippen molar-refractivity contribution >= 4 is 11.3 Å². The maximum atomic E-state index is 4.49. The van der Waals surface area contributed by atoms with Crippen molar-refractivity contribution in [3.63, 3.8) is 0 Å². The summed E-state index contributed by atoms with van der Waals surface area (Å²) in [6.45, 7) is 2.14. The molecular formula is C16H22N2S. The summed E-state index contributed by atoms with van der Waals surface area (Å²) in [5.74, 6) is 0. The number of aromatic nitrogens is 1. The Labute approximate surface area is 119 Å². The van der Waals surface area contributed by atoms with Gasteiger partial charge >= 0.3 is 0 Å². The molecule has 0 saturated heterocycles. The van der Waals surface area contributed by atoms with E-state index in [0.29, 0.717) is 6.04 Å². The van der Waals surface area contributed by atoms with Crippen LogP contribution in [0.25, 0.3) is 0 Å². The van der Waals surface area contributed by atoms with Crippen LogP contribution in [-0.2, 0) is 12.8 Å². The lowest BCUT2D eigenvalue weighted by atomic mass is 10.0. The summed E-state index contributed by atoms with van der Waals surface area (Å²) < 4.78 is 0. The highest BCUT2D eigenvalue weighted by atomic mass is 32.1. The van der Waals surface area contributed by atoms with Gasteiger partial charge in [0.05, 0.1) is 0 Å². The molecule has 0 aliphatic rings. The van der Waals surface area contributed by atoms with Crippen LogP contribution in [-0.4, -0.2) is 18.1 Å². The number of likely N-dealkylation sites (N-methyl/N-ethyl adjacent to an activating group) is 1. The van der Waals surface area contributed by atoms with Crippen LogP contribution in [0.15, 0.2) is 35.8 Å². The zero-order valence-corrected chi connectivity index (χ0v) is 12.5. The minimum atomic E-state index is 0.522. The van der Waals surface area contributed by atoms with E-state index in [2.05, 4.69) is 40.8 Å². The first-order valence-electron chi connectivity index (χ1n) is 6.89. The first-order valence-corrected chi connectivity index (χ1v) is 7.77. The summed E-state index contributed by atoms with van der Waals surface area (Å²) in [5.41, 5.74) is 2.51. The lowest BCUT2D eigenvalue weighted by Crippen LogP contribution is -2.28. The van der Waals surface area contributed by atoms with E-state index in [9.17, 15) is 0 Å². The van der Waals surface area contributed by atoms with Crippen molar-refractivity contribution in [1.82, 2.24) is 10.3 Å². The molecule has 0 saturated carbocycles. The summed E-state index contributed by atoms with van der Waals surface area (Å²) in [4.78, 5) is 5.98. The number of nitrogens with zero attached hydrogens (tertiary/aromatic N) is 1. The fraction of sp³-hybridized carbons (Fsp3) is 0.438. The third-order valence-electron chi connectivity index (χ3n) is 3.52. The number of rotatable bonds is 7. The molecule has 1 N–H and O–H groups in total. The average Bonchev–Trinajstić information content (AvgIpc) is 2.93. The standard InChI is InChI=1S/C16H22N2S/c1-13-6-4-10-18-16(13)12-14(17-2)7-3-8-15-9-5-11-19-15/h4-6,9-11,14,17H,3,7-8,12H2,1-2H3. The van der Waals surface area contributed by atoms with E-state index in [4.69, 9.17) is 0 Å². The Morgan fingerprint density at radius 3 is 2.89 bits per heavy atom. The van der Waals surface area contributed by atoms with Crippen molar-refractivity contribution in [3.05, 3.63) is 52.0 Å². The molecule has 0 aliphatic heterocycles. The largest absolute Gasteiger partial charge is 0.317 e. The van der Waals surface area contributed by atoms with Gasteiger partial charge in [-0.3, -0.25) is 4.98 Å². The highest BCUT2D eigenvalue weighted by Crippen LogP contribution is 2.14. The van der Waals surface area contributed by atoms with Gasteiger partial charge in [-0.25, -0.2) is 0 Å². The Balaban J connectivity index is 1.82. The molecule has 2 aromatic heterocycles. The van der Waals surface area contributed by atoms with Crippen molar-refractivity contribution in [2.45, 2.75) is 38.6 Å². The molecule has 3 heteroatoms. The van der Waals surface area contributed by atoms with Gasteiger partial charge in [-0.15, -0.1) is 11.3 Å². The SMILES string of the molecule is CNC(CCCc1cccs1)Cc1ncccc1C. The van der Waals surface area contributed by atoms with E-state index in [0.717, 1.165) is 6.42 Å². The number of thiophene rings is 1. The summed E-state index contributed by atoms with van der Waals surface area (Å²) in [7, 11) is 2.05. The van der Waals surface area contributed by atoms with Gasteiger partial charge in [0, 0.05) is 29.2 Å². The van der Waals surface area contributed by atoms with Crippen molar-refractivity contribution in [2.75, 3.05) is 7.05 Å². The third-order valence-corrected chi connectivity index (χ3v) is 4.46. The second-order valence-electron chi connectivity index (χ2n) is 4.93. The molecule has 2 aromatic rings. The Bertz CT molecular complexity index is 479. The summed E-state index contributed by atoms with van der Waals surface area (Å²) in [6.07, 6.45) is 6.54. The first-order chi connectivity index (χ1) is 9.29. The van der Waals surface area contributed by atoms with E-state index in [-0.39, 0.29) is 0 Å². The van der Waals surface area contributed by atoms with E-state index in [1.807, 2.05) is 30.6 Å². The summed E-state index contributed by atoms with van der Waals surface area (Å²) in [5, 5.41) is 5.58. The monoisotopic (exact) mass is 274 g/mol. The first kappa shape index (κ1) is 14.2. The van der Waals surface area contributed by atoms with Gasteiger partial charge in [-0.1, -0.05) is 12.1 Å². The maximum Gasteiger partial charge on any atom is 0.0448 e. The lowest BCUT2D eigenvalue weighted by molar-refractivity contribution is 0.497. The summed E-state index contributed by atoms with van der Waals surface area (Å²) >= 11 is 1.86. The molecule has 2 heterocycles. The zero-order chi connectivity index (χ0) is 13.5. The molecule has 0 spiro atoms. The highest BCUT2D eigenvalue weighted by molar-refractivity contribution is 7.09. The minimum Gasteiger partial charge on any atom is -0.317 e. The second kappa shape index (κ2) is 7.41. The molecule has 0 radical (unpaired) electrons. The van der Waals surface area contributed by atoms with Gasteiger partial charge in [0.15, 0.2) is 0 Å². The molecule has 0 aromatic carbocycles. The van der Waals surface area contributed by atoms with Crippen LogP contribution >= 0.6 is 11.3 Å². The van der Waals surface area contributed by atoms with Crippen molar-refractivity contribution in [2.24, 2.45) is 0 Å². The van der Waals surface area contributed by atoms with Crippen LogP contribution in [0.5, 0.6) is 0 Å². The van der Waals surface area contributed by atoms with E-state index < -0.39 is 0 Å². The Hall–Kier alpha value is -1.19. The topological polar surface area (TPSA) is 24.9 Å². The van der Waals surface area contributed by atoms with Gasteiger partial charge in [-0.05, 0) is 56.3 Å². The molecule has 1 unspecified atom stereocenters. The molecule has 102 valence electrons. The van der Waals surface area contributed by atoms with Crippen LogP contribution in [0.1, 0.15) is 29.0 Å². The normalized spacial score (nSPS) is 12.5. The zero-order valence-electron chi connectivity index (χ0n) is 11.7. The highest BCUT2D eigenvalue weighted by Gasteiger charge is 2.09. The summed E-state index contributed by atoms with van der Waals surface area (Å²) in [6, 6.07) is 9.02. The average molecular weight is 274 g/mol. The Kier molecular flexibility index (Phi) is 5.55. The van der Waals surface area contributed by atoms with E-state index in [1.165, 1.54) is 35.4 Å². The van der Waals surface area contributed by atoms with Gasteiger partial charge in [0.1, 0.15) is 0 Å². The number of nitrogens with one attached hydrogen (secondary N) is 1. The molecule has 0 bridgehead atoms. The number of hydrogen-bond acceptors (Lipinski definition) is 3. The minimum absolute atomic E-state index is 0.522. The molecule has 2 rings (SSSR count). The molecule has 1 atom stereocenters. The maximum absolute atomic E-state index is 4.49. The van der Waals surface area contributed by atoms with Crippen molar-refractivity contribution < 1.29 is 0 Å². The Morgan fingerprint density at radius 1 is 1.32 bits per heavy atom. The van der Waals surface area contributed by atoms with Crippen LogP contribution in [0.2, 0.25) is 0 Å². The second-order valence-corrected chi connectivity index (χ2v) is 5.96. The van der Waals surface area contributed by atoms with Gasteiger partial charge in [0.2, 0.25) is 0 Å². The molecule has 0 amide bonds. The molecule has 0 fully saturated rings. The number of hydrogen-bond donors (Lipinski definition) is 1. The van der Waals surface area contributed by atoms with E-state index in [1.54, 1.807) is 0 Å². The third kappa shape index (κ3) is 4.44. The van der Waals surface area contributed by atoms with Crippen LogP contribution in [0.3, 0.4) is 0 Å². The molecular weight excluding hydrogens is 252 g/mol. The fourth-order valence-corrected chi connectivity index (χ4v) is 3.04. The van der Waals surface area contributed by atoms with Crippen LogP contribution in [0.4, 0.5) is 0 Å². The quantitative estimate of drug-likeness (QED) is 0.834. The van der Waals surface area contributed by atoms with Crippen molar-refractivity contribution in [3.8, 4) is 0 Å². The molecule has 19 heavy (non-hydrogen) atoms. The van der Waals surface area contributed by atoms with Crippen LogP contribution in [0, 0.1) is 6.92 Å². The number of aryl methyl sites for hydroxylation is 2.